The van der Waals surface area contributed by atoms with Gasteiger partial charge < -0.3 is 14.4 Å². The molecule has 0 saturated carbocycles. The molecule has 0 N–H and O–H groups in total. The maximum absolute atomic E-state index is 12.5. The number of nitrogens with zero attached hydrogens (tertiary/aromatic N) is 1. The van der Waals surface area contributed by atoms with Crippen molar-refractivity contribution in [2.24, 2.45) is 0 Å². The molecule has 0 aliphatic rings. The van der Waals surface area contributed by atoms with Crippen LogP contribution in [0.4, 0.5) is 0 Å². The lowest BCUT2D eigenvalue weighted by Crippen LogP contribution is -2.29. The van der Waals surface area contributed by atoms with E-state index in [4.69, 9.17) is 9.47 Å². The number of hydrogen-bond donors (Lipinski definition) is 0. The average Bonchev–Trinajstić information content (AvgIpc) is 3.12. The number of benzene rings is 1. The molecular formula is C19H23NO3S. The van der Waals surface area contributed by atoms with E-state index < -0.39 is 0 Å². The summed E-state index contributed by atoms with van der Waals surface area (Å²) in [6.07, 6.45) is 4.35. The van der Waals surface area contributed by atoms with Gasteiger partial charge in [-0.2, -0.15) is 11.3 Å². The van der Waals surface area contributed by atoms with Gasteiger partial charge in [0.1, 0.15) is 0 Å². The highest BCUT2D eigenvalue weighted by Crippen LogP contribution is 2.28. The molecule has 0 aliphatic heterocycles. The van der Waals surface area contributed by atoms with Crippen LogP contribution >= 0.6 is 11.3 Å². The van der Waals surface area contributed by atoms with E-state index in [0.29, 0.717) is 18.0 Å². The van der Waals surface area contributed by atoms with Crippen molar-refractivity contribution in [1.29, 1.82) is 0 Å². The van der Waals surface area contributed by atoms with Crippen LogP contribution in [0.1, 0.15) is 24.5 Å². The van der Waals surface area contributed by atoms with E-state index in [2.05, 4.69) is 18.4 Å². The number of carbonyl (C=O) groups is 1. The van der Waals surface area contributed by atoms with E-state index in [1.54, 1.807) is 37.7 Å². The predicted octanol–water partition coefficient (Wildman–Crippen LogP) is 4.22. The number of amides is 1. The van der Waals surface area contributed by atoms with Gasteiger partial charge >= 0.3 is 0 Å². The Kier molecular flexibility index (Phi) is 6.88. The monoisotopic (exact) mass is 345 g/mol. The fourth-order valence-corrected chi connectivity index (χ4v) is 3.03. The lowest BCUT2D eigenvalue weighted by atomic mass is 10.2. The molecule has 1 aromatic heterocycles. The van der Waals surface area contributed by atoms with E-state index in [0.717, 1.165) is 18.5 Å². The molecular weight excluding hydrogens is 322 g/mol. The summed E-state index contributed by atoms with van der Waals surface area (Å²) in [6, 6.07) is 7.64. The Bertz CT molecular complexity index is 680. The molecule has 128 valence electrons. The van der Waals surface area contributed by atoms with Crippen molar-refractivity contribution < 1.29 is 14.3 Å². The third-order valence-corrected chi connectivity index (χ3v) is 4.32. The SMILES string of the molecule is CCCN(Cc1ccsc1)C(=O)/C=C/c1ccc(OC)c(OC)c1. The van der Waals surface area contributed by atoms with Crippen molar-refractivity contribution in [1.82, 2.24) is 4.90 Å². The number of methoxy groups -OCH3 is 2. The van der Waals surface area contributed by atoms with Gasteiger partial charge in [-0.3, -0.25) is 4.79 Å². The Morgan fingerprint density at radius 3 is 2.62 bits per heavy atom. The molecule has 24 heavy (non-hydrogen) atoms. The maximum atomic E-state index is 12.5. The van der Waals surface area contributed by atoms with Crippen molar-refractivity contribution in [3.05, 3.63) is 52.2 Å². The van der Waals surface area contributed by atoms with Crippen LogP contribution < -0.4 is 9.47 Å². The minimum absolute atomic E-state index is 0.0119. The van der Waals surface area contributed by atoms with Crippen molar-refractivity contribution in [3.8, 4) is 11.5 Å². The molecule has 1 aromatic carbocycles. The zero-order valence-electron chi connectivity index (χ0n) is 14.3. The Hall–Kier alpha value is -2.27. The van der Waals surface area contributed by atoms with Crippen LogP contribution in [0.25, 0.3) is 6.08 Å². The van der Waals surface area contributed by atoms with Gasteiger partial charge in [0, 0.05) is 19.2 Å². The molecule has 0 atom stereocenters. The van der Waals surface area contributed by atoms with Crippen molar-refractivity contribution in [2.45, 2.75) is 19.9 Å². The van der Waals surface area contributed by atoms with E-state index >= 15 is 0 Å². The second-order valence-electron chi connectivity index (χ2n) is 5.34. The first-order valence-corrected chi connectivity index (χ1v) is 8.82. The second-order valence-corrected chi connectivity index (χ2v) is 6.12. The topological polar surface area (TPSA) is 38.8 Å². The first kappa shape index (κ1) is 18.1. The molecule has 0 bridgehead atoms. The van der Waals surface area contributed by atoms with Gasteiger partial charge in [-0.25, -0.2) is 0 Å². The van der Waals surface area contributed by atoms with Gasteiger partial charge in [-0.1, -0.05) is 13.0 Å². The van der Waals surface area contributed by atoms with Gasteiger partial charge in [-0.15, -0.1) is 0 Å². The Labute approximate surface area is 147 Å². The number of ether oxygens (including phenoxy) is 2. The van der Waals surface area contributed by atoms with Gasteiger partial charge in [0.15, 0.2) is 11.5 Å². The van der Waals surface area contributed by atoms with Crippen molar-refractivity contribution >= 4 is 23.3 Å². The van der Waals surface area contributed by atoms with Crippen molar-refractivity contribution in [2.75, 3.05) is 20.8 Å². The summed E-state index contributed by atoms with van der Waals surface area (Å²) in [5.41, 5.74) is 2.06. The molecule has 0 spiro atoms. The van der Waals surface area contributed by atoms with Crippen LogP contribution in [-0.4, -0.2) is 31.6 Å². The minimum Gasteiger partial charge on any atom is -0.493 e. The molecule has 0 unspecified atom stereocenters. The summed E-state index contributed by atoms with van der Waals surface area (Å²) in [6.45, 7) is 3.46. The first-order chi connectivity index (χ1) is 11.7. The average molecular weight is 345 g/mol. The summed E-state index contributed by atoms with van der Waals surface area (Å²) < 4.78 is 10.5. The smallest absolute Gasteiger partial charge is 0.246 e. The predicted molar refractivity (Wildman–Crippen MR) is 98.6 cm³/mol. The van der Waals surface area contributed by atoms with Crippen LogP contribution in [0.3, 0.4) is 0 Å². The molecule has 4 nitrogen and oxygen atoms in total. The lowest BCUT2D eigenvalue weighted by Gasteiger charge is -2.20. The zero-order chi connectivity index (χ0) is 17.4. The third-order valence-electron chi connectivity index (χ3n) is 3.58. The normalized spacial score (nSPS) is 10.8. The standard InChI is InChI=1S/C19H23NO3S/c1-4-10-20(13-16-9-11-24-14-16)19(21)8-6-15-5-7-17(22-2)18(12-15)23-3/h5-9,11-12,14H,4,10,13H2,1-3H3/b8-6+. The summed E-state index contributed by atoms with van der Waals surface area (Å²) in [5, 5.41) is 4.11. The highest BCUT2D eigenvalue weighted by atomic mass is 32.1. The van der Waals surface area contributed by atoms with Gasteiger partial charge in [0.2, 0.25) is 5.91 Å². The Morgan fingerprint density at radius 2 is 2.00 bits per heavy atom. The molecule has 0 fully saturated rings. The van der Waals surface area contributed by atoms with Crippen LogP contribution in [0, 0.1) is 0 Å². The molecule has 2 rings (SSSR count). The van der Waals surface area contributed by atoms with Gasteiger partial charge in [-0.05, 0) is 52.6 Å². The zero-order valence-corrected chi connectivity index (χ0v) is 15.1. The highest BCUT2D eigenvalue weighted by Gasteiger charge is 2.11. The van der Waals surface area contributed by atoms with Crippen LogP contribution in [0.15, 0.2) is 41.1 Å². The fraction of sp³-hybridized carbons (Fsp3) is 0.316. The lowest BCUT2D eigenvalue weighted by molar-refractivity contribution is -0.126. The third kappa shape index (κ3) is 4.86. The molecule has 0 radical (unpaired) electrons. The molecule has 5 heteroatoms. The number of thiophene rings is 1. The van der Waals surface area contributed by atoms with E-state index in [1.807, 2.05) is 28.5 Å². The maximum Gasteiger partial charge on any atom is 0.246 e. The molecule has 1 heterocycles. The Balaban J connectivity index is 2.09. The fourth-order valence-electron chi connectivity index (χ4n) is 2.37. The Morgan fingerprint density at radius 1 is 1.21 bits per heavy atom. The molecule has 1 amide bonds. The molecule has 2 aromatic rings. The number of rotatable bonds is 8. The summed E-state index contributed by atoms with van der Waals surface area (Å²) in [7, 11) is 3.20. The quantitative estimate of drug-likeness (QED) is 0.673. The highest BCUT2D eigenvalue weighted by molar-refractivity contribution is 7.07. The van der Waals surface area contributed by atoms with Gasteiger partial charge in [0.05, 0.1) is 14.2 Å². The van der Waals surface area contributed by atoms with E-state index in [1.165, 1.54) is 5.56 Å². The van der Waals surface area contributed by atoms with Crippen LogP contribution in [0.5, 0.6) is 11.5 Å². The molecule has 0 aliphatic carbocycles. The summed E-state index contributed by atoms with van der Waals surface area (Å²) in [5.74, 6) is 1.33. The second kappa shape index (κ2) is 9.13. The minimum atomic E-state index is 0.0119. The summed E-state index contributed by atoms with van der Waals surface area (Å²) in [4.78, 5) is 14.4. The van der Waals surface area contributed by atoms with Crippen molar-refractivity contribution in [3.63, 3.8) is 0 Å². The molecule has 0 saturated heterocycles. The van der Waals surface area contributed by atoms with E-state index in [9.17, 15) is 4.79 Å². The number of hydrogen-bond acceptors (Lipinski definition) is 4. The van der Waals surface area contributed by atoms with Crippen LogP contribution in [-0.2, 0) is 11.3 Å². The van der Waals surface area contributed by atoms with Crippen LogP contribution in [0.2, 0.25) is 0 Å². The van der Waals surface area contributed by atoms with Gasteiger partial charge in [0.25, 0.3) is 0 Å². The van der Waals surface area contributed by atoms with E-state index in [-0.39, 0.29) is 5.91 Å². The first-order valence-electron chi connectivity index (χ1n) is 7.88. The number of carbonyl (C=O) groups excluding carboxylic acids is 1. The summed E-state index contributed by atoms with van der Waals surface area (Å²) >= 11 is 1.65. The largest absolute Gasteiger partial charge is 0.493 e.